The zero-order valence-corrected chi connectivity index (χ0v) is 15.8. The molecule has 2 aromatic rings. The molecule has 0 aliphatic heterocycles. The van der Waals surface area contributed by atoms with Crippen LogP contribution in [0, 0.1) is 5.82 Å². The lowest BCUT2D eigenvalue weighted by Crippen LogP contribution is -2.31. The second-order valence-corrected chi connectivity index (χ2v) is 6.23. The zero-order valence-electron chi connectivity index (χ0n) is 15.8. The Kier molecular flexibility index (Phi) is 7.16. The third-order valence-corrected chi connectivity index (χ3v) is 4.20. The molecule has 0 atom stereocenters. The first-order chi connectivity index (χ1) is 12.9. The topological polar surface area (TPSA) is 64.7 Å². The summed E-state index contributed by atoms with van der Waals surface area (Å²) in [5, 5.41) is 5.51. The molecular weight excluding hydrogens is 347 g/mol. The molecule has 0 heterocycles. The number of halogens is 1. The van der Waals surface area contributed by atoms with Crippen molar-refractivity contribution in [1.29, 1.82) is 0 Å². The van der Waals surface area contributed by atoms with Crippen LogP contribution < -0.4 is 20.4 Å². The van der Waals surface area contributed by atoms with Gasteiger partial charge in [-0.1, -0.05) is 12.1 Å². The van der Waals surface area contributed by atoms with Gasteiger partial charge in [0.25, 0.3) is 0 Å². The van der Waals surface area contributed by atoms with Gasteiger partial charge in [-0.15, -0.1) is 0 Å². The Labute approximate surface area is 159 Å². The lowest BCUT2D eigenvalue weighted by molar-refractivity contribution is -0.116. The highest BCUT2D eigenvalue weighted by Gasteiger charge is 2.08. The van der Waals surface area contributed by atoms with Crippen LogP contribution in [0.3, 0.4) is 0 Å². The van der Waals surface area contributed by atoms with Gasteiger partial charge in [-0.3, -0.25) is 4.79 Å². The molecule has 0 fully saturated rings. The first-order valence-corrected chi connectivity index (χ1v) is 8.73. The first-order valence-electron chi connectivity index (χ1n) is 8.73. The van der Waals surface area contributed by atoms with Crippen LogP contribution in [0.2, 0.25) is 0 Å². The number of amides is 3. The van der Waals surface area contributed by atoms with E-state index >= 15 is 0 Å². The predicted molar refractivity (Wildman–Crippen MR) is 107 cm³/mol. The Morgan fingerprint density at radius 3 is 2.33 bits per heavy atom. The number of benzene rings is 2. The molecule has 2 N–H and O–H groups in total. The number of rotatable bonds is 7. The van der Waals surface area contributed by atoms with Crippen LogP contribution in [0.15, 0.2) is 48.5 Å². The summed E-state index contributed by atoms with van der Waals surface area (Å²) >= 11 is 0. The molecule has 144 valence electrons. The molecule has 0 radical (unpaired) electrons. The number of anilines is 3. The molecule has 0 saturated carbocycles. The lowest BCUT2D eigenvalue weighted by atomic mass is 10.2. The van der Waals surface area contributed by atoms with E-state index < -0.39 is 0 Å². The Morgan fingerprint density at radius 1 is 1.04 bits per heavy atom. The van der Waals surface area contributed by atoms with Gasteiger partial charge in [0.1, 0.15) is 5.82 Å². The van der Waals surface area contributed by atoms with Crippen LogP contribution >= 0.6 is 0 Å². The van der Waals surface area contributed by atoms with Crippen molar-refractivity contribution in [2.45, 2.75) is 13.3 Å². The second kappa shape index (κ2) is 9.56. The van der Waals surface area contributed by atoms with Crippen LogP contribution in [-0.2, 0) is 4.79 Å². The van der Waals surface area contributed by atoms with Crippen molar-refractivity contribution >= 4 is 29.0 Å². The Hall–Kier alpha value is -3.09. The fourth-order valence-electron chi connectivity index (χ4n) is 2.53. The van der Waals surface area contributed by atoms with E-state index in [9.17, 15) is 14.0 Å². The monoisotopic (exact) mass is 372 g/mol. The van der Waals surface area contributed by atoms with Crippen molar-refractivity contribution in [3.8, 4) is 0 Å². The maximum absolute atomic E-state index is 13.7. The van der Waals surface area contributed by atoms with Gasteiger partial charge in [0.2, 0.25) is 5.91 Å². The van der Waals surface area contributed by atoms with Gasteiger partial charge in [0.15, 0.2) is 0 Å². The molecule has 0 spiro atoms. The van der Waals surface area contributed by atoms with Crippen LogP contribution in [0.4, 0.5) is 26.2 Å². The molecule has 6 nitrogen and oxygen atoms in total. The quantitative estimate of drug-likeness (QED) is 0.732. The fraction of sp³-hybridized carbons (Fsp3) is 0.300. The van der Waals surface area contributed by atoms with Crippen LogP contribution in [0.5, 0.6) is 0 Å². The minimum Gasteiger partial charge on any atom is -0.372 e. The van der Waals surface area contributed by atoms with Gasteiger partial charge in [-0.25, -0.2) is 9.18 Å². The maximum atomic E-state index is 13.7. The van der Waals surface area contributed by atoms with Gasteiger partial charge in [-0.2, -0.15) is 0 Å². The zero-order chi connectivity index (χ0) is 19.8. The molecule has 2 rings (SSSR count). The average molecular weight is 372 g/mol. The number of hydrogen-bond donors (Lipinski definition) is 2. The molecule has 27 heavy (non-hydrogen) atoms. The summed E-state index contributed by atoms with van der Waals surface area (Å²) in [4.78, 5) is 26.6. The molecule has 0 aliphatic rings. The molecule has 0 aromatic heterocycles. The second-order valence-electron chi connectivity index (χ2n) is 6.23. The molecular formula is C20H25FN4O2. The van der Waals surface area contributed by atoms with Crippen molar-refractivity contribution in [2.24, 2.45) is 0 Å². The van der Waals surface area contributed by atoms with Crippen molar-refractivity contribution in [3.63, 3.8) is 0 Å². The Bertz CT molecular complexity index is 780. The summed E-state index contributed by atoms with van der Waals surface area (Å²) in [5.74, 6) is -0.321. The number of para-hydroxylation sites is 1. The SMILES string of the molecule is CC(=O)N(C)c1ccc(NC(=O)NCCCN(C)c2ccccc2F)cc1. The van der Waals surface area contributed by atoms with Gasteiger partial charge >= 0.3 is 6.03 Å². The van der Waals surface area contributed by atoms with E-state index in [-0.39, 0.29) is 17.8 Å². The number of carbonyl (C=O) groups excluding carboxylic acids is 2. The van der Waals surface area contributed by atoms with Crippen molar-refractivity contribution in [2.75, 3.05) is 42.3 Å². The van der Waals surface area contributed by atoms with Gasteiger partial charge in [0.05, 0.1) is 5.69 Å². The summed E-state index contributed by atoms with van der Waals surface area (Å²) in [5.41, 5.74) is 1.93. The standard InChI is InChI=1S/C20H25FN4O2/c1-15(26)25(3)17-11-9-16(10-12-17)23-20(27)22-13-6-14-24(2)19-8-5-4-7-18(19)21/h4-5,7-12H,6,13-14H2,1-3H3,(H2,22,23,27). The first kappa shape index (κ1) is 20.2. The number of hydrogen-bond acceptors (Lipinski definition) is 3. The third kappa shape index (κ3) is 5.99. The third-order valence-electron chi connectivity index (χ3n) is 4.20. The predicted octanol–water partition coefficient (Wildman–Crippen LogP) is 3.46. The summed E-state index contributed by atoms with van der Waals surface area (Å²) in [6.45, 7) is 2.58. The minimum atomic E-state index is -0.309. The summed E-state index contributed by atoms with van der Waals surface area (Å²) in [6.07, 6.45) is 0.681. The highest BCUT2D eigenvalue weighted by atomic mass is 19.1. The van der Waals surface area contributed by atoms with Gasteiger partial charge < -0.3 is 20.4 Å². The Morgan fingerprint density at radius 2 is 1.70 bits per heavy atom. The number of urea groups is 1. The van der Waals surface area contributed by atoms with E-state index in [1.165, 1.54) is 17.9 Å². The van der Waals surface area contributed by atoms with Crippen LogP contribution in [-0.4, -0.2) is 39.1 Å². The Balaban J connectivity index is 1.73. The van der Waals surface area contributed by atoms with Gasteiger partial charge in [0, 0.05) is 45.5 Å². The van der Waals surface area contributed by atoms with Crippen molar-refractivity contribution < 1.29 is 14.0 Å². The van der Waals surface area contributed by atoms with Gasteiger partial charge in [-0.05, 0) is 42.8 Å². The lowest BCUT2D eigenvalue weighted by Gasteiger charge is -2.20. The molecule has 7 heteroatoms. The van der Waals surface area contributed by atoms with Crippen LogP contribution in [0.25, 0.3) is 0 Å². The maximum Gasteiger partial charge on any atom is 0.319 e. The van der Waals surface area contributed by atoms with E-state index in [4.69, 9.17) is 0 Å². The van der Waals surface area contributed by atoms with E-state index in [0.717, 1.165) is 5.69 Å². The fourth-order valence-corrected chi connectivity index (χ4v) is 2.53. The highest BCUT2D eigenvalue weighted by molar-refractivity contribution is 5.92. The summed E-state index contributed by atoms with van der Waals surface area (Å²) < 4.78 is 13.7. The smallest absolute Gasteiger partial charge is 0.319 e. The molecule has 0 aliphatic carbocycles. The van der Waals surface area contributed by atoms with E-state index in [2.05, 4.69) is 10.6 Å². The summed E-state index contributed by atoms with van der Waals surface area (Å²) in [6, 6.07) is 13.3. The van der Waals surface area contributed by atoms with Crippen molar-refractivity contribution in [1.82, 2.24) is 5.32 Å². The highest BCUT2D eigenvalue weighted by Crippen LogP contribution is 2.18. The number of nitrogens with one attached hydrogen (secondary N) is 2. The number of carbonyl (C=O) groups is 2. The van der Waals surface area contributed by atoms with E-state index in [1.54, 1.807) is 49.5 Å². The van der Waals surface area contributed by atoms with E-state index in [1.807, 2.05) is 11.9 Å². The van der Waals surface area contributed by atoms with E-state index in [0.29, 0.717) is 30.9 Å². The molecule has 3 amide bonds. The molecule has 2 aromatic carbocycles. The average Bonchev–Trinajstić information content (AvgIpc) is 2.65. The van der Waals surface area contributed by atoms with Crippen LogP contribution in [0.1, 0.15) is 13.3 Å². The number of nitrogens with zero attached hydrogens (tertiary/aromatic N) is 2. The molecule has 0 unspecified atom stereocenters. The normalized spacial score (nSPS) is 10.2. The minimum absolute atomic E-state index is 0.0613. The van der Waals surface area contributed by atoms with Crippen molar-refractivity contribution in [3.05, 3.63) is 54.3 Å². The summed E-state index contributed by atoms with van der Waals surface area (Å²) in [7, 11) is 3.51. The largest absolute Gasteiger partial charge is 0.372 e. The molecule has 0 bridgehead atoms. The molecule has 0 saturated heterocycles.